The fraction of sp³-hybridized carbons (Fsp3) is 1.00. The summed E-state index contributed by atoms with van der Waals surface area (Å²) in [7, 11) is 0. The van der Waals surface area contributed by atoms with Gasteiger partial charge in [0.2, 0.25) is 0 Å². The smallest absolute Gasteiger partial charge is 0.00981 e. The molecule has 1 heterocycles. The van der Waals surface area contributed by atoms with Gasteiger partial charge in [-0.15, -0.1) is 0 Å². The maximum Gasteiger partial charge on any atom is 0.00981 e. The second-order valence-electron chi connectivity index (χ2n) is 5.75. The summed E-state index contributed by atoms with van der Waals surface area (Å²) in [5.74, 6) is 5.94. The Balaban J connectivity index is 1.42. The van der Waals surface area contributed by atoms with Crippen LogP contribution in [0.2, 0.25) is 0 Å². The first-order chi connectivity index (χ1) is 7.42. The van der Waals surface area contributed by atoms with Gasteiger partial charge >= 0.3 is 0 Å². The van der Waals surface area contributed by atoms with Gasteiger partial charge in [-0.25, -0.2) is 0 Å². The van der Waals surface area contributed by atoms with E-state index in [4.69, 9.17) is 0 Å². The largest absolute Gasteiger partial charge is 0.313 e. The summed E-state index contributed by atoms with van der Waals surface area (Å²) in [5, 5.41) is 3.87. The molecule has 2 saturated carbocycles. The highest BCUT2D eigenvalue weighted by Crippen LogP contribution is 2.44. The molecule has 0 amide bonds. The molecule has 0 aromatic carbocycles. The molecule has 3 atom stereocenters. The zero-order valence-corrected chi connectivity index (χ0v) is 10.4. The molecule has 2 heteroatoms. The van der Waals surface area contributed by atoms with Crippen LogP contribution in [0.25, 0.3) is 0 Å². The molecule has 15 heavy (non-hydrogen) atoms. The summed E-state index contributed by atoms with van der Waals surface area (Å²) < 4.78 is 0. The van der Waals surface area contributed by atoms with Gasteiger partial charge in [-0.05, 0) is 67.9 Å². The van der Waals surface area contributed by atoms with Crippen molar-refractivity contribution in [2.24, 2.45) is 17.8 Å². The highest BCUT2D eigenvalue weighted by atomic mass is 32.2. The van der Waals surface area contributed by atoms with E-state index in [0.717, 1.165) is 23.8 Å². The second kappa shape index (κ2) is 4.67. The molecule has 3 rings (SSSR count). The van der Waals surface area contributed by atoms with Crippen molar-refractivity contribution < 1.29 is 0 Å². The first-order valence-electron chi connectivity index (χ1n) is 6.73. The van der Waals surface area contributed by atoms with Gasteiger partial charge in [-0.2, -0.15) is 11.8 Å². The third-order valence-electron chi connectivity index (χ3n) is 4.75. The minimum absolute atomic E-state index is 0.901. The molecule has 3 aliphatic rings. The van der Waals surface area contributed by atoms with Gasteiger partial charge in [0.15, 0.2) is 0 Å². The lowest BCUT2D eigenvalue weighted by Gasteiger charge is -2.27. The van der Waals surface area contributed by atoms with Gasteiger partial charge in [0, 0.05) is 6.04 Å². The molecule has 3 fully saturated rings. The van der Waals surface area contributed by atoms with Crippen LogP contribution in [0.4, 0.5) is 0 Å². The van der Waals surface area contributed by atoms with Crippen molar-refractivity contribution in [3.63, 3.8) is 0 Å². The third-order valence-corrected chi connectivity index (χ3v) is 5.80. The molecule has 0 radical (unpaired) electrons. The quantitative estimate of drug-likeness (QED) is 0.792. The number of fused-ring (bicyclic) bond motifs is 2. The Morgan fingerprint density at radius 3 is 2.53 bits per heavy atom. The van der Waals surface area contributed by atoms with Crippen molar-refractivity contribution in [1.29, 1.82) is 0 Å². The van der Waals surface area contributed by atoms with E-state index >= 15 is 0 Å². The van der Waals surface area contributed by atoms with E-state index in [0.29, 0.717) is 0 Å². The molecule has 1 nitrogen and oxygen atoms in total. The highest BCUT2D eigenvalue weighted by molar-refractivity contribution is 7.99. The summed E-state index contributed by atoms with van der Waals surface area (Å²) in [6.45, 7) is 1.31. The average molecular weight is 225 g/mol. The van der Waals surface area contributed by atoms with E-state index in [-0.39, 0.29) is 0 Å². The lowest BCUT2D eigenvalue weighted by Crippen LogP contribution is -2.37. The van der Waals surface area contributed by atoms with Crippen LogP contribution in [0.15, 0.2) is 0 Å². The Labute approximate surface area is 97.8 Å². The van der Waals surface area contributed by atoms with Crippen LogP contribution in [-0.4, -0.2) is 24.1 Å². The zero-order chi connectivity index (χ0) is 10.1. The standard InChI is InChI=1S/C13H23NS/c1-2-12-7-11(1)8-13(12)14-9-10-3-5-15-6-4-10/h10-14H,1-9H2. The molecule has 1 aliphatic heterocycles. The third kappa shape index (κ3) is 2.36. The van der Waals surface area contributed by atoms with E-state index in [9.17, 15) is 0 Å². The Morgan fingerprint density at radius 1 is 1.00 bits per heavy atom. The van der Waals surface area contributed by atoms with Crippen LogP contribution in [-0.2, 0) is 0 Å². The van der Waals surface area contributed by atoms with Crippen molar-refractivity contribution in [3.05, 3.63) is 0 Å². The van der Waals surface area contributed by atoms with Crippen molar-refractivity contribution in [2.45, 2.75) is 44.6 Å². The normalized spacial score (nSPS) is 41.2. The lowest BCUT2D eigenvalue weighted by molar-refractivity contribution is 0.322. The highest BCUT2D eigenvalue weighted by Gasteiger charge is 2.39. The first-order valence-corrected chi connectivity index (χ1v) is 7.88. The van der Waals surface area contributed by atoms with E-state index < -0.39 is 0 Å². The number of thioether (sulfide) groups is 1. The van der Waals surface area contributed by atoms with Gasteiger partial charge in [0.25, 0.3) is 0 Å². The summed E-state index contributed by atoms with van der Waals surface area (Å²) in [5.41, 5.74) is 0. The SMILES string of the molecule is C1CC(CNC2CC3CCC2C3)CCS1. The Kier molecular flexibility index (Phi) is 3.25. The maximum absolute atomic E-state index is 3.87. The molecule has 2 aliphatic carbocycles. The molecular formula is C13H23NS. The number of hydrogen-bond acceptors (Lipinski definition) is 2. The zero-order valence-electron chi connectivity index (χ0n) is 9.58. The van der Waals surface area contributed by atoms with E-state index in [1.165, 1.54) is 56.6 Å². The summed E-state index contributed by atoms with van der Waals surface area (Å²) in [6.07, 6.45) is 8.99. The number of hydrogen-bond donors (Lipinski definition) is 1. The molecule has 1 saturated heterocycles. The van der Waals surface area contributed by atoms with E-state index in [1.54, 1.807) is 0 Å². The minimum atomic E-state index is 0.901. The maximum atomic E-state index is 3.87. The molecule has 1 N–H and O–H groups in total. The molecule has 3 unspecified atom stereocenters. The molecule has 0 spiro atoms. The van der Waals surface area contributed by atoms with Crippen LogP contribution >= 0.6 is 11.8 Å². The van der Waals surface area contributed by atoms with Crippen molar-refractivity contribution in [1.82, 2.24) is 5.32 Å². The first kappa shape index (κ1) is 10.5. The molecule has 86 valence electrons. The average Bonchev–Trinajstić information content (AvgIpc) is 2.89. The van der Waals surface area contributed by atoms with E-state index in [2.05, 4.69) is 17.1 Å². The topological polar surface area (TPSA) is 12.0 Å². The predicted octanol–water partition coefficient (Wildman–Crippen LogP) is 2.91. The molecule has 2 bridgehead atoms. The predicted molar refractivity (Wildman–Crippen MR) is 67.3 cm³/mol. The fourth-order valence-corrected chi connectivity index (χ4v) is 4.97. The van der Waals surface area contributed by atoms with Crippen LogP contribution in [0, 0.1) is 17.8 Å². The van der Waals surface area contributed by atoms with Crippen LogP contribution in [0.1, 0.15) is 38.5 Å². The van der Waals surface area contributed by atoms with Crippen molar-refractivity contribution >= 4 is 11.8 Å². The van der Waals surface area contributed by atoms with Crippen LogP contribution in [0.3, 0.4) is 0 Å². The van der Waals surface area contributed by atoms with Gasteiger partial charge in [0.05, 0.1) is 0 Å². The van der Waals surface area contributed by atoms with Crippen LogP contribution in [0.5, 0.6) is 0 Å². The van der Waals surface area contributed by atoms with Crippen molar-refractivity contribution in [3.8, 4) is 0 Å². The molecule has 0 aromatic rings. The van der Waals surface area contributed by atoms with E-state index in [1.807, 2.05) is 0 Å². The number of rotatable bonds is 3. The summed E-state index contributed by atoms with van der Waals surface area (Å²) >= 11 is 2.14. The monoisotopic (exact) mass is 225 g/mol. The molecular weight excluding hydrogens is 202 g/mol. The fourth-order valence-electron chi connectivity index (χ4n) is 3.76. The summed E-state index contributed by atoms with van der Waals surface area (Å²) in [6, 6.07) is 0.901. The van der Waals surface area contributed by atoms with Gasteiger partial charge in [-0.3, -0.25) is 0 Å². The Morgan fingerprint density at radius 2 is 1.87 bits per heavy atom. The Hall–Kier alpha value is 0.310. The van der Waals surface area contributed by atoms with Gasteiger partial charge in [-0.1, -0.05) is 6.42 Å². The van der Waals surface area contributed by atoms with Crippen molar-refractivity contribution in [2.75, 3.05) is 18.1 Å². The van der Waals surface area contributed by atoms with Gasteiger partial charge in [0.1, 0.15) is 0 Å². The Bertz CT molecular complexity index is 213. The second-order valence-corrected chi connectivity index (χ2v) is 6.97. The van der Waals surface area contributed by atoms with Gasteiger partial charge < -0.3 is 5.32 Å². The van der Waals surface area contributed by atoms with Crippen LogP contribution < -0.4 is 5.32 Å². The lowest BCUT2D eigenvalue weighted by atomic mass is 9.94. The number of nitrogens with one attached hydrogen (secondary N) is 1. The molecule has 0 aromatic heterocycles. The minimum Gasteiger partial charge on any atom is -0.313 e. The summed E-state index contributed by atoms with van der Waals surface area (Å²) in [4.78, 5) is 0.